The van der Waals surface area contributed by atoms with Gasteiger partial charge in [-0.2, -0.15) is 0 Å². The maximum absolute atomic E-state index is 13.2. The first-order valence-corrected chi connectivity index (χ1v) is 10.9. The smallest absolute Gasteiger partial charge is 0.243 e. The summed E-state index contributed by atoms with van der Waals surface area (Å²) in [5, 5.41) is 15.0. The predicted molar refractivity (Wildman–Crippen MR) is 124 cm³/mol. The summed E-state index contributed by atoms with van der Waals surface area (Å²) in [7, 11) is 0. The molecule has 4 amide bonds. The third kappa shape index (κ3) is 6.10. The molecule has 0 saturated heterocycles. The summed E-state index contributed by atoms with van der Waals surface area (Å²) in [5.74, 6) is -2.20. The Labute approximate surface area is 197 Å². The van der Waals surface area contributed by atoms with Gasteiger partial charge in [-0.05, 0) is 42.2 Å². The predicted octanol–water partition coefficient (Wildman–Crippen LogP) is -0.678. The molecule has 0 aliphatic carbocycles. The van der Waals surface area contributed by atoms with Crippen molar-refractivity contribution in [2.75, 3.05) is 6.54 Å². The van der Waals surface area contributed by atoms with Crippen molar-refractivity contribution in [2.24, 2.45) is 11.5 Å². The maximum Gasteiger partial charge on any atom is 0.243 e. The largest absolute Gasteiger partial charge is 0.508 e. The van der Waals surface area contributed by atoms with E-state index in [1.807, 2.05) is 30.3 Å². The minimum Gasteiger partial charge on any atom is -0.508 e. The van der Waals surface area contributed by atoms with Gasteiger partial charge in [0.05, 0.1) is 12.6 Å². The molecule has 0 saturated carbocycles. The molecular weight excluding hydrogens is 438 g/mol. The van der Waals surface area contributed by atoms with Gasteiger partial charge >= 0.3 is 0 Å². The molecule has 2 aromatic rings. The molecule has 3 atom stereocenters. The number of carbonyl (C=O) groups is 4. The van der Waals surface area contributed by atoms with E-state index in [0.29, 0.717) is 5.56 Å². The summed E-state index contributed by atoms with van der Waals surface area (Å²) < 4.78 is 0. The summed E-state index contributed by atoms with van der Waals surface area (Å²) in [5.41, 5.74) is 13.5. The molecule has 0 bridgehead atoms. The Morgan fingerprint density at radius 1 is 1.12 bits per heavy atom. The number of primary amides is 1. The van der Waals surface area contributed by atoms with Crippen LogP contribution in [-0.4, -0.2) is 58.3 Å². The van der Waals surface area contributed by atoms with Gasteiger partial charge in [0, 0.05) is 13.0 Å². The van der Waals surface area contributed by atoms with Crippen LogP contribution in [-0.2, 0) is 38.6 Å². The van der Waals surface area contributed by atoms with Gasteiger partial charge in [0.25, 0.3) is 0 Å². The number of nitrogens with zero attached hydrogens (tertiary/aromatic N) is 1. The second kappa shape index (κ2) is 10.8. The van der Waals surface area contributed by atoms with Gasteiger partial charge in [0.2, 0.25) is 23.6 Å². The fourth-order valence-electron chi connectivity index (χ4n) is 3.88. The first kappa shape index (κ1) is 24.7. The molecule has 0 radical (unpaired) electrons. The zero-order valence-corrected chi connectivity index (χ0v) is 18.9. The van der Waals surface area contributed by atoms with Crippen LogP contribution in [0.25, 0.3) is 0 Å². The van der Waals surface area contributed by atoms with Crippen molar-refractivity contribution in [2.45, 2.75) is 44.4 Å². The zero-order chi connectivity index (χ0) is 24.8. The number of aromatic hydroxyl groups is 1. The van der Waals surface area contributed by atoms with E-state index in [9.17, 15) is 24.3 Å². The molecule has 10 heteroatoms. The van der Waals surface area contributed by atoms with E-state index in [1.54, 1.807) is 19.1 Å². The quantitative estimate of drug-likeness (QED) is 0.345. The fourth-order valence-corrected chi connectivity index (χ4v) is 3.88. The maximum atomic E-state index is 13.2. The lowest BCUT2D eigenvalue weighted by atomic mass is 10.0. The van der Waals surface area contributed by atoms with Crippen LogP contribution in [0.15, 0.2) is 48.5 Å². The lowest BCUT2D eigenvalue weighted by molar-refractivity contribution is -0.142. The molecule has 180 valence electrons. The molecule has 0 aromatic heterocycles. The van der Waals surface area contributed by atoms with Gasteiger partial charge in [0.15, 0.2) is 0 Å². The van der Waals surface area contributed by atoms with E-state index in [4.69, 9.17) is 11.5 Å². The number of rotatable bonds is 8. The summed E-state index contributed by atoms with van der Waals surface area (Å²) in [6, 6.07) is 11.1. The summed E-state index contributed by atoms with van der Waals surface area (Å²) >= 11 is 0. The molecule has 0 spiro atoms. The van der Waals surface area contributed by atoms with Crippen molar-refractivity contribution >= 4 is 23.6 Å². The van der Waals surface area contributed by atoms with E-state index in [1.165, 1.54) is 11.0 Å². The molecule has 3 rings (SSSR count). The van der Waals surface area contributed by atoms with Gasteiger partial charge in [-0.25, -0.2) is 0 Å². The molecule has 1 aliphatic rings. The lowest BCUT2D eigenvalue weighted by Crippen LogP contribution is -2.56. The number of nitrogens with two attached hydrogens (primary N) is 2. The van der Waals surface area contributed by atoms with Crippen molar-refractivity contribution in [3.05, 3.63) is 65.2 Å². The SMILES string of the molecule is C[C@H](C(=O)N[C@@H](Cc1ccccc1)C(=O)NCC(N)=O)N1Cc2cc(O)ccc2C[C@H](N)C1=O. The van der Waals surface area contributed by atoms with E-state index < -0.39 is 41.8 Å². The van der Waals surface area contributed by atoms with Gasteiger partial charge in [-0.3, -0.25) is 19.2 Å². The number of phenols is 1. The second-order valence-corrected chi connectivity index (χ2v) is 8.34. The average Bonchev–Trinajstić information content (AvgIpc) is 2.93. The van der Waals surface area contributed by atoms with Crippen molar-refractivity contribution in [3.63, 3.8) is 0 Å². The molecule has 34 heavy (non-hydrogen) atoms. The topological polar surface area (TPSA) is 168 Å². The minimum atomic E-state index is -0.996. The summed E-state index contributed by atoms with van der Waals surface area (Å²) in [4.78, 5) is 51.3. The lowest BCUT2D eigenvalue weighted by Gasteiger charge is -2.30. The normalized spacial score (nSPS) is 17.2. The molecule has 7 N–H and O–H groups in total. The van der Waals surface area contributed by atoms with Crippen LogP contribution in [0.1, 0.15) is 23.6 Å². The van der Waals surface area contributed by atoms with Crippen LogP contribution in [0.3, 0.4) is 0 Å². The number of phenolic OH excluding ortho intramolecular Hbond substituents is 1. The highest BCUT2D eigenvalue weighted by Gasteiger charge is 2.34. The highest BCUT2D eigenvalue weighted by Crippen LogP contribution is 2.24. The molecule has 0 unspecified atom stereocenters. The molecule has 1 aliphatic heterocycles. The van der Waals surface area contributed by atoms with Crippen molar-refractivity contribution in [1.82, 2.24) is 15.5 Å². The Hall–Kier alpha value is -3.92. The zero-order valence-electron chi connectivity index (χ0n) is 18.9. The first-order valence-electron chi connectivity index (χ1n) is 10.9. The molecule has 10 nitrogen and oxygen atoms in total. The number of benzene rings is 2. The van der Waals surface area contributed by atoms with Crippen LogP contribution in [0.5, 0.6) is 5.75 Å². The number of carbonyl (C=O) groups excluding carboxylic acids is 4. The first-order chi connectivity index (χ1) is 16.2. The Bertz CT molecular complexity index is 1070. The minimum absolute atomic E-state index is 0.0489. The highest BCUT2D eigenvalue weighted by atomic mass is 16.3. The number of hydrogen-bond donors (Lipinski definition) is 5. The van der Waals surface area contributed by atoms with E-state index in [2.05, 4.69) is 10.6 Å². The highest BCUT2D eigenvalue weighted by molar-refractivity contribution is 5.94. The van der Waals surface area contributed by atoms with Crippen molar-refractivity contribution in [3.8, 4) is 5.75 Å². The summed E-state index contributed by atoms with van der Waals surface area (Å²) in [6.07, 6.45) is 0.458. The van der Waals surface area contributed by atoms with Gasteiger partial charge < -0.3 is 32.1 Å². The van der Waals surface area contributed by atoms with Crippen LogP contribution >= 0.6 is 0 Å². The van der Waals surface area contributed by atoms with Crippen LogP contribution in [0, 0.1) is 0 Å². The Morgan fingerprint density at radius 3 is 2.50 bits per heavy atom. The number of nitrogens with one attached hydrogen (secondary N) is 2. The monoisotopic (exact) mass is 467 g/mol. The second-order valence-electron chi connectivity index (χ2n) is 8.34. The van der Waals surface area contributed by atoms with E-state index in [0.717, 1.165) is 11.1 Å². The Balaban J connectivity index is 1.79. The number of hydrogen-bond acceptors (Lipinski definition) is 6. The third-order valence-electron chi connectivity index (χ3n) is 5.77. The number of fused-ring (bicyclic) bond motifs is 1. The van der Waals surface area contributed by atoms with Crippen LogP contribution in [0.4, 0.5) is 0 Å². The van der Waals surface area contributed by atoms with Crippen LogP contribution < -0.4 is 22.1 Å². The van der Waals surface area contributed by atoms with Crippen molar-refractivity contribution in [1.29, 1.82) is 0 Å². The molecule has 1 heterocycles. The van der Waals surface area contributed by atoms with Gasteiger partial charge in [-0.15, -0.1) is 0 Å². The van der Waals surface area contributed by atoms with Crippen molar-refractivity contribution < 1.29 is 24.3 Å². The fraction of sp³-hybridized carbons (Fsp3) is 0.333. The number of amides is 4. The van der Waals surface area contributed by atoms with Gasteiger partial charge in [-0.1, -0.05) is 36.4 Å². The Kier molecular flexibility index (Phi) is 7.85. The third-order valence-corrected chi connectivity index (χ3v) is 5.77. The summed E-state index contributed by atoms with van der Waals surface area (Å²) in [6.45, 7) is 1.27. The van der Waals surface area contributed by atoms with Crippen LogP contribution in [0.2, 0.25) is 0 Å². The molecule has 0 fully saturated rings. The van der Waals surface area contributed by atoms with Gasteiger partial charge in [0.1, 0.15) is 17.8 Å². The Morgan fingerprint density at radius 2 is 1.82 bits per heavy atom. The molecule has 2 aromatic carbocycles. The van der Waals surface area contributed by atoms with E-state index >= 15 is 0 Å². The standard InChI is InChI=1S/C24H29N5O5/c1-14(29-13-17-10-18(30)8-7-16(17)11-19(25)24(29)34)22(32)28-20(23(33)27-12-21(26)31)9-15-5-3-2-4-6-15/h2-8,10,14,19-20,30H,9,11-13,25H2,1H3,(H2,26,31)(H,27,33)(H,28,32)/t14-,19+,20+/m1/s1. The van der Waals surface area contributed by atoms with E-state index in [-0.39, 0.29) is 31.7 Å². The average molecular weight is 468 g/mol. The molecular formula is C24H29N5O5.